The average Bonchev–Trinajstić information content (AvgIpc) is 3.76. The van der Waals surface area contributed by atoms with Gasteiger partial charge in [0, 0.05) is 27.6 Å². The predicted molar refractivity (Wildman–Crippen MR) is 293 cm³/mol. The minimum atomic E-state index is 0.912. The molecular formula is C67H42N2. The summed E-state index contributed by atoms with van der Waals surface area (Å²) in [5.74, 6) is 0. The number of rotatable bonds is 6. The number of benzene rings is 12. The molecule has 0 atom stereocenters. The number of para-hydroxylation sites is 1. The molecule has 14 aromatic rings. The zero-order valence-electron chi connectivity index (χ0n) is 37.6. The third-order valence-corrected chi connectivity index (χ3v) is 14.3. The Balaban J connectivity index is 1.07. The Kier molecular flexibility index (Phi) is 8.93. The highest BCUT2D eigenvalue weighted by atomic mass is 15.0. The van der Waals surface area contributed by atoms with Crippen LogP contribution in [-0.4, -0.2) is 9.55 Å². The van der Waals surface area contributed by atoms with E-state index in [1.807, 2.05) is 0 Å². The SMILES string of the molecule is c1ccc(-c2cc(-c3cc(-c4ccc5c6ccccc6c6ccccc6c5c4)cc(-n4c5ccccc5c5ccc(-c6ccccc6)cc54)c3)nc(-c3cc4ccccc4c4ccccc34)c2)cc1. The first-order chi connectivity index (χ1) is 34.2. The van der Waals surface area contributed by atoms with Crippen LogP contribution >= 0.6 is 0 Å². The van der Waals surface area contributed by atoms with Crippen molar-refractivity contribution in [1.29, 1.82) is 0 Å². The van der Waals surface area contributed by atoms with Gasteiger partial charge in [-0.3, -0.25) is 0 Å². The van der Waals surface area contributed by atoms with Crippen molar-refractivity contribution in [3.63, 3.8) is 0 Å². The van der Waals surface area contributed by atoms with Gasteiger partial charge in [0.2, 0.25) is 0 Å². The van der Waals surface area contributed by atoms with Crippen molar-refractivity contribution in [2.75, 3.05) is 0 Å². The van der Waals surface area contributed by atoms with E-state index < -0.39 is 0 Å². The maximum absolute atomic E-state index is 5.71. The van der Waals surface area contributed by atoms with E-state index in [2.05, 4.69) is 259 Å². The van der Waals surface area contributed by atoms with Crippen LogP contribution in [0.25, 0.3) is 137 Å². The maximum atomic E-state index is 5.71. The molecule has 0 unspecified atom stereocenters. The van der Waals surface area contributed by atoms with E-state index in [0.29, 0.717) is 0 Å². The molecule has 0 spiro atoms. The molecule has 2 aromatic heterocycles. The lowest BCUT2D eigenvalue weighted by atomic mass is 9.91. The van der Waals surface area contributed by atoms with Gasteiger partial charge in [-0.1, -0.05) is 200 Å². The van der Waals surface area contributed by atoms with Crippen LogP contribution in [0.2, 0.25) is 0 Å². The highest BCUT2D eigenvalue weighted by Crippen LogP contribution is 2.42. The van der Waals surface area contributed by atoms with Crippen molar-refractivity contribution in [2.45, 2.75) is 0 Å². The largest absolute Gasteiger partial charge is 0.309 e. The number of nitrogens with zero attached hydrogens (tertiary/aromatic N) is 2. The van der Waals surface area contributed by atoms with Gasteiger partial charge >= 0.3 is 0 Å². The number of hydrogen-bond donors (Lipinski definition) is 0. The topological polar surface area (TPSA) is 17.8 Å². The average molecular weight is 875 g/mol. The smallest absolute Gasteiger partial charge is 0.0722 e. The number of fused-ring (bicyclic) bond motifs is 12. The molecule has 2 heterocycles. The summed E-state index contributed by atoms with van der Waals surface area (Å²) in [7, 11) is 0. The Morgan fingerprint density at radius 2 is 0.696 bits per heavy atom. The second-order valence-electron chi connectivity index (χ2n) is 18.3. The molecule has 0 aliphatic rings. The fourth-order valence-corrected chi connectivity index (χ4v) is 11.1. The molecule has 320 valence electrons. The third-order valence-electron chi connectivity index (χ3n) is 14.3. The first kappa shape index (κ1) is 39.1. The zero-order chi connectivity index (χ0) is 45.4. The summed E-state index contributed by atoms with van der Waals surface area (Å²) < 4.78 is 2.47. The van der Waals surface area contributed by atoms with E-state index in [-0.39, 0.29) is 0 Å². The summed E-state index contributed by atoms with van der Waals surface area (Å²) in [4.78, 5) is 5.71. The van der Waals surface area contributed by atoms with Crippen LogP contribution in [0.1, 0.15) is 0 Å². The molecule has 12 aromatic carbocycles. The summed E-state index contributed by atoms with van der Waals surface area (Å²) in [6.07, 6.45) is 0. The van der Waals surface area contributed by atoms with Crippen LogP contribution in [0.3, 0.4) is 0 Å². The van der Waals surface area contributed by atoms with Gasteiger partial charge in [-0.15, -0.1) is 0 Å². The predicted octanol–water partition coefficient (Wildman–Crippen LogP) is 18.3. The van der Waals surface area contributed by atoms with Gasteiger partial charge in [0.15, 0.2) is 0 Å². The van der Waals surface area contributed by atoms with Crippen LogP contribution in [0.4, 0.5) is 0 Å². The minimum Gasteiger partial charge on any atom is -0.309 e. The Morgan fingerprint density at radius 1 is 0.232 bits per heavy atom. The normalized spacial score (nSPS) is 11.8. The lowest BCUT2D eigenvalue weighted by molar-refractivity contribution is 1.18. The summed E-state index contributed by atoms with van der Waals surface area (Å²) in [5.41, 5.74) is 14.3. The van der Waals surface area contributed by atoms with Crippen molar-refractivity contribution in [3.8, 4) is 61.6 Å². The number of hydrogen-bond acceptors (Lipinski definition) is 1. The van der Waals surface area contributed by atoms with Crippen LogP contribution in [0, 0.1) is 0 Å². The molecule has 69 heavy (non-hydrogen) atoms. The second-order valence-corrected chi connectivity index (χ2v) is 18.3. The lowest BCUT2D eigenvalue weighted by Crippen LogP contribution is -1.98. The molecule has 2 heteroatoms. The van der Waals surface area contributed by atoms with Crippen molar-refractivity contribution >= 4 is 75.7 Å². The molecule has 0 amide bonds. The molecule has 14 rings (SSSR count). The van der Waals surface area contributed by atoms with Gasteiger partial charge in [0.05, 0.1) is 22.4 Å². The molecule has 0 saturated carbocycles. The highest BCUT2D eigenvalue weighted by Gasteiger charge is 2.19. The third kappa shape index (κ3) is 6.45. The van der Waals surface area contributed by atoms with E-state index in [1.54, 1.807) is 0 Å². The highest BCUT2D eigenvalue weighted by molar-refractivity contribution is 6.26. The number of pyridine rings is 1. The second kappa shape index (κ2) is 15.8. The number of aromatic nitrogens is 2. The molecule has 0 fully saturated rings. The van der Waals surface area contributed by atoms with Gasteiger partial charge in [-0.25, -0.2) is 4.98 Å². The lowest BCUT2D eigenvalue weighted by Gasteiger charge is -2.17. The van der Waals surface area contributed by atoms with Gasteiger partial charge in [0.1, 0.15) is 0 Å². The molecule has 0 N–H and O–H groups in total. The van der Waals surface area contributed by atoms with Crippen molar-refractivity contribution in [2.24, 2.45) is 0 Å². The first-order valence-electron chi connectivity index (χ1n) is 23.8. The van der Waals surface area contributed by atoms with Gasteiger partial charge in [-0.05, 0) is 142 Å². The Labute approximate surface area is 399 Å². The molecule has 0 radical (unpaired) electrons. The van der Waals surface area contributed by atoms with E-state index in [4.69, 9.17) is 4.98 Å². The van der Waals surface area contributed by atoms with E-state index in [0.717, 1.165) is 61.5 Å². The van der Waals surface area contributed by atoms with Crippen LogP contribution in [0.5, 0.6) is 0 Å². The zero-order valence-corrected chi connectivity index (χ0v) is 37.6. The summed E-state index contributed by atoms with van der Waals surface area (Å²) in [5, 5.41) is 14.8. The minimum absolute atomic E-state index is 0.912. The Hall–Kier alpha value is -9.11. The molecule has 0 bridgehead atoms. The summed E-state index contributed by atoms with van der Waals surface area (Å²) >= 11 is 0. The fourth-order valence-electron chi connectivity index (χ4n) is 11.1. The maximum Gasteiger partial charge on any atom is 0.0722 e. The van der Waals surface area contributed by atoms with Crippen LogP contribution < -0.4 is 0 Å². The van der Waals surface area contributed by atoms with Crippen molar-refractivity contribution < 1.29 is 0 Å². The van der Waals surface area contributed by atoms with Crippen LogP contribution in [0.15, 0.2) is 255 Å². The van der Waals surface area contributed by atoms with E-state index in [1.165, 1.54) is 75.8 Å². The Bertz CT molecular complexity index is 4320. The van der Waals surface area contributed by atoms with Gasteiger partial charge < -0.3 is 4.57 Å². The van der Waals surface area contributed by atoms with Gasteiger partial charge in [0.25, 0.3) is 0 Å². The summed E-state index contributed by atoms with van der Waals surface area (Å²) in [6, 6.07) is 93.3. The molecule has 2 nitrogen and oxygen atoms in total. The molecule has 0 saturated heterocycles. The van der Waals surface area contributed by atoms with Crippen LogP contribution in [-0.2, 0) is 0 Å². The van der Waals surface area contributed by atoms with Crippen molar-refractivity contribution in [1.82, 2.24) is 9.55 Å². The first-order valence-corrected chi connectivity index (χ1v) is 23.8. The van der Waals surface area contributed by atoms with E-state index in [9.17, 15) is 0 Å². The van der Waals surface area contributed by atoms with Gasteiger partial charge in [-0.2, -0.15) is 0 Å². The van der Waals surface area contributed by atoms with Crippen molar-refractivity contribution in [3.05, 3.63) is 255 Å². The molecule has 0 aliphatic heterocycles. The Morgan fingerprint density at radius 3 is 1.39 bits per heavy atom. The fraction of sp³-hybridized carbons (Fsp3) is 0. The standard InChI is InChI=1S/C67H42N2/c1-3-17-43(18-4-1)46-32-34-61-60-29-15-16-30-66(60)69(67(61)42-46)51-36-48(45-31-33-59-56-26-11-10-24-54(56)55-25-12-13-27-57(55)62(59)38-45)35-50(37-51)64-40-49(44-19-5-2-6-20-44)41-65(68-64)63-39-47-21-7-8-22-52(47)53-23-9-14-28-58(53)63/h1-42H. The van der Waals surface area contributed by atoms with E-state index >= 15 is 0 Å². The monoisotopic (exact) mass is 874 g/mol. The summed E-state index contributed by atoms with van der Waals surface area (Å²) in [6.45, 7) is 0. The quantitative estimate of drug-likeness (QED) is 0.152. The molecule has 0 aliphatic carbocycles. The molecular weight excluding hydrogens is 833 g/mol.